The summed E-state index contributed by atoms with van der Waals surface area (Å²) in [4.78, 5) is 44.2. The number of hydrogen-bond acceptors (Lipinski definition) is 13. The van der Waals surface area contributed by atoms with Gasteiger partial charge in [-0.25, -0.2) is 0 Å². The highest BCUT2D eigenvalue weighted by atomic mass is 16.7. The third-order valence-electron chi connectivity index (χ3n) is 11.0. The van der Waals surface area contributed by atoms with Gasteiger partial charge in [-0.05, 0) is 51.6 Å². The minimum absolute atomic E-state index is 0.0809. The Labute approximate surface area is 304 Å². The van der Waals surface area contributed by atoms with E-state index in [1.54, 1.807) is 19.2 Å². The minimum Gasteiger partial charge on any atom is -0.507 e. The Morgan fingerprint density at radius 3 is 2.48 bits per heavy atom. The Morgan fingerprint density at radius 2 is 1.73 bits per heavy atom. The fourth-order valence-corrected chi connectivity index (χ4v) is 8.06. The second-order valence-electron chi connectivity index (χ2n) is 14.1. The number of carbonyl (C=O) groups excluding carboxylic acids is 3. The van der Waals surface area contributed by atoms with Gasteiger partial charge in [-0.15, -0.1) is 0 Å². The largest absolute Gasteiger partial charge is 0.507 e. The summed E-state index contributed by atoms with van der Waals surface area (Å²) in [5, 5.41) is 38.6. The van der Waals surface area contributed by atoms with Crippen LogP contribution in [0.1, 0.15) is 69.2 Å². The van der Waals surface area contributed by atoms with E-state index in [2.05, 4.69) is 20.4 Å². The number of amides is 1. The molecule has 5 aliphatic rings. The molecule has 5 N–H and O–H groups in total. The number of benzene rings is 2. The van der Waals surface area contributed by atoms with Crippen molar-refractivity contribution in [3.05, 3.63) is 51.6 Å². The lowest BCUT2D eigenvalue weighted by Gasteiger charge is -2.43. The number of piperazine rings is 1. The van der Waals surface area contributed by atoms with Gasteiger partial charge >= 0.3 is 0 Å². The zero-order chi connectivity index (χ0) is 36.9. The first-order valence-corrected chi connectivity index (χ1v) is 18.4. The van der Waals surface area contributed by atoms with E-state index in [1.165, 1.54) is 13.2 Å². The first kappa shape index (κ1) is 38.1. The van der Waals surface area contributed by atoms with Crippen LogP contribution in [0.5, 0.6) is 17.2 Å². The third kappa shape index (κ3) is 7.84. The zero-order valence-electron chi connectivity index (χ0n) is 30.3. The van der Waals surface area contributed by atoms with Crippen molar-refractivity contribution in [2.75, 3.05) is 79.8 Å². The van der Waals surface area contributed by atoms with Crippen molar-refractivity contribution in [2.24, 2.45) is 5.92 Å². The highest BCUT2D eigenvalue weighted by Crippen LogP contribution is 2.47. The molecule has 14 nitrogen and oxygen atoms in total. The minimum atomic E-state index is -0.558. The maximum Gasteiger partial charge on any atom is 0.223 e. The fourth-order valence-electron chi connectivity index (χ4n) is 8.06. The molecule has 284 valence electrons. The summed E-state index contributed by atoms with van der Waals surface area (Å²) >= 11 is 0. The number of carbonyl (C=O) groups is 3. The van der Waals surface area contributed by atoms with Crippen LogP contribution >= 0.6 is 0 Å². The summed E-state index contributed by atoms with van der Waals surface area (Å²) in [5.41, 5.74) is 0.606. The van der Waals surface area contributed by atoms with Crippen molar-refractivity contribution >= 4 is 17.5 Å². The molecule has 3 saturated heterocycles. The van der Waals surface area contributed by atoms with E-state index in [-0.39, 0.29) is 76.2 Å². The number of ether oxygens (including phenoxy) is 4. The molecule has 52 heavy (non-hydrogen) atoms. The molecular weight excluding hydrogens is 672 g/mol. The smallest absolute Gasteiger partial charge is 0.223 e. The molecule has 0 aromatic heterocycles. The van der Waals surface area contributed by atoms with E-state index < -0.39 is 17.7 Å². The number of fused-ring (bicyclic) bond motifs is 3. The van der Waals surface area contributed by atoms with E-state index in [0.717, 1.165) is 65.3 Å². The van der Waals surface area contributed by atoms with Crippen LogP contribution in [0.25, 0.3) is 0 Å². The van der Waals surface area contributed by atoms with Crippen LogP contribution in [0, 0.1) is 5.92 Å². The third-order valence-corrected chi connectivity index (χ3v) is 11.0. The Kier molecular flexibility index (Phi) is 12.5. The number of nitrogens with zero attached hydrogens (tertiary/aromatic N) is 2. The number of nitrogens with one attached hydrogen (secondary N) is 2. The predicted octanol–water partition coefficient (Wildman–Crippen LogP) is 1.23. The van der Waals surface area contributed by atoms with Crippen molar-refractivity contribution in [3.63, 3.8) is 0 Å². The second kappa shape index (κ2) is 17.0. The first-order valence-electron chi connectivity index (χ1n) is 18.4. The summed E-state index contributed by atoms with van der Waals surface area (Å²) in [5.74, 6) is -1.97. The van der Waals surface area contributed by atoms with Gasteiger partial charge in [0.1, 0.15) is 17.2 Å². The number of phenolic OH excluding ortho intramolecular Hbond substituents is 2. The highest BCUT2D eigenvalue weighted by molar-refractivity contribution is 6.31. The lowest BCUT2D eigenvalue weighted by Crippen LogP contribution is -2.57. The molecule has 0 bridgehead atoms. The lowest BCUT2D eigenvalue weighted by molar-refractivity contribution is -0.190. The van der Waals surface area contributed by atoms with Crippen LogP contribution in [0.2, 0.25) is 0 Å². The van der Waals surface area contributed by atoms with E-state index in [1.807, 2.05) is 6.92 Å². The van der Waals surface area contributed by atoms with Gasteiger partial charge in [0.25, 0.3) is 0 Å². The van der Waals surface area contributed by atoms with E-state index in [0.29, 0.717) is 37.1 Å². The van der Waals surface area contributed by atoms with Gasteiger partial charge in [-0.3, -0.25) is 19.3 Å². The molecule has 5 unspecified atom stereocenters. The van der Waals surface area contributed by atoms with Crippen LogP contribution in [0.15, 0.2) is 18.2 Å². The zero-order valence-corrected chi connectivity index (χ0v) is 30.3. The number of morpholine rings is 1. The summed E-state index contributed by atoms with van der Waals surface area (Å²) in [7, 11) is 3.06. The molecule has 3 heterocycles. The summed E-state index contributed by atoms with van der Waals surface area (Å²) in [6, 6.07) is 4.86. The molecule has 2 aromatic carbocycles. The molecule has 1 amide bonds. The Balaban J connectivity index is 0.000000242. The lowest BCUT2D eigenvalue weighted by atomic mass is 9.75. The van der Waals surface area contributed by atoms with Crippen LogP contribution < -0.4 is 15.4 Å². The fraction of sp³-hybridized carbons (Fsp3) is 0.605. The van der Waals surface area contributed by atoms with Crippen molar-refractivity contribution in [1.29, 1.82) is 0 Å². The molecule has 0 radical (unpaired) electrons. The molecule has 3 fully saturated rings. The normalized spacial score (nSPS) is 26.3. The van der Waals surface area contributed by atoms with Crippen LogP contribution in [-0.2, 0) is 31.8 Å². The molecule has 14 heteroatoms. The van der Waals surface area contributed by atoms with Gasteiger partial charge in [-0.1, -0.05) is 12.1 Å². The topological polar surface area (TPSA) is 179 Å². The van der Waals surface area contributed by atoms with Crippen LogP contribution in [-0.4, -0.2) is 147 Å². The number of aliphatic hydroxyl groups excluding tert-OH is 1. The standard InChI is InChI=1S/C27H31N3O6.C11H21NO4/c1-36-19-5-2-4-17-20(19)26(34)22-21(24(17)32)25(33)18-14-15(6-7-16(18)23(22)31)27(35)29-8-3-11-30-12-9-28-10-13-30;1-8-11(13)9(3-5-15-8)12-4-6-16-10(7-12)14-2/h2,4-5,15,28,31,33H,3,6-14H2,1H3,(H,29,35);8-11,13H,3-7H2,1-2H3. The van der Waals surface area contributed by atoms with Crippen molar-refractivity contribution < 1.29 is 48.7 Å². The maximum absolute atomic E-state index is 13.4. The molecule has 7 rings (SSSR count). The van der Waals surface area contributed by atoms with Gasteiger partial charge in [0.05, 0.1) is 42.6 Å². The maximum atomic E-state index is 13.4. The number of rotatable bonds is 8. The van der Waals surface area contributed by atoms with Gasteiger partial charge in [-0.2, -0.15) is 0 Å². The number of ketones is 2. The van der Waals surface area contributed by atoms with Crippen LogP contribution in [0.3, 0.4) is 0 Å². The van der Waals surface area contributed by atoms with Gasteiger partial charge in [0.15, 0.2) is 12.1 Å². The SMILES string of the molecule is COC1CN(C2CCOC(C)C2O)CCO1.COc1cccc2c1C(=O)c1c(O)c3c(c(O)c1C2=O)CC(C(=O)NCCCN1CCNCC1)CC3. The molecule has 2 aromatic rings. The van der Waals surface area contributed by atoms with E-state index >= 15 is 0 Å². The van der Waals surface area contributed by atoms with Crippen molar-refractivity contribution in [2.45, 2.75) is 63.6 Å². The second-order valence-corrected chi connectivity index (χ2v) is 14.1. The number of phenols is 2. The molecule has 0 saturated carbocycles. The molecule has 3 aliphatic heterocycles. The first-order chi connectivity index (χ1) is 25.1. The van der Waals surface area contributed by atoms with Crippen molar-refractivity contribution in [1.82, 2.24) is 20.4 Å². The summed E-state index contributed by atoms with van der Waals surface area (Å²) in [6.45, 7) is 10.4. The van der Waals surface area contributed by atoms with E-state index in [9.17, 15) is 29.7 Å². The Bertz CT molecular complexity index is 1630. The molecule has 5 atom stereocenters. The van der Waals surface area contributed by atoms with Gasteiger partial charge in [0.2, 0.25) is 11.7 Å². The number of hydrogen-bond donors (Lipinski definition) is 5. The predicted molar refractivity (Wildman–Crippen MR) is 190 cm³/mol. The number of aromatic hydroxyl groups is 2. The number of methoxy groups -OCH3 is 2. The average molecular weight is 725 g/mol. The average Bonchev–Trinajstić information content (AvgIpc) is 3.18. The van der Waals surface area contributed by atoms with E-state index in [4.69, 9.17) is 18.9 Å². The molecular formula is C38H52N4O10. The van der Waals surface area contributed by atoms with Crippen molar-refractivity contribution in [3.8, 4) is 17.2 Å². The molecule has 2 aliphatic carbocycles. The summed E-state index contributed by atoms with van der Waals surface area (Å²) < 4.78 is 21.3. The van der Waals surface area contributed by atoms with Crippen LogP contribution in [0.4, 0.5) is 0 Å². The highest BCUT2D eigenvalue weighted by Gasteiger charge is 2.41. The summed E-state index contributed by atoms with van der Waals surface area (Å²) in [6.07, 6.45) is 2.06. The Morgan fingerprint density at radius 1 is 0.981 bits per heavy atom. The van der Waals surface area contributed by atoms with Gasteiger partial charge in [0, 0.05) is 88.2 Å². The number of aliphatic hydroxyl groups is 1. The quantitative estimate of drug-likeness (QED) is 0.166. The Hall–Kier alpha value is -3.63. The molecule has 0 spiro atoms. The monoisotopic (exact) mass is 724 g/mol. The van der Waals surface area contributed by atoms with Gasteiger partial charge < -0.3 is 49.8 Å².